The molecule has 6 nitrogen and oxygen atoms in total. The standard InChI is InChI=1S/C32H30FN3O3/c1-35(20-18-25-7-5-6-19-34-25)32(38)29-27-8-3-4-9-28(27)31(37)36(21-22-10-14-24(33)15-11-22)30(29)23-12-16-26(39-2)17-13-23/h3-17,19,29-30H,18,20-21H2,1-2H3. The number of hydrogen-bond donors (Lipinski definition) is 0. The average Bonchev–Trinajstić information content (AvgIpc) is 2.98. The molecule has 2 amide bonds. The van der Waals surface area contributed by atoms with E-state index in [1.165, 1.54) is 12.1 Å². The van der Waals surface area contributed by atoms with E-state index in [4.69, 9.17) is 4.74 Å². The second kappa shape index (κ2) is 11.5. The minimum absolute atomic E-state index is 0.0872. The van der Waals surface area contributed by atoms with Crippen molar-refractivity contribution in [3.05, 3.63) is 131 Å². The van der Waals surface area contributed by atoms with Crippen molar-refractivity contribution in [1.29, 1.82) is 0 Å². The van der Waals surface area contributed by atoms with Gasteiger partial charge < -0.3 is 14.5 Å². The smallest absolute Gasteiger partial charge is 0.255 e. The van der Waals surface area contributed by atoms with Crippen LogP contribution in [-0.2, 0) is 17.8 Å². The summed E-state index contributed by atoms with van der Waals surface area (Å²) in [4.78, 5) is 36.0. The number of carbonyl (C=O) groups is 2. The molecular formula is C32H30FN3O3. The van der Waals surface area contributed by atoms with E-state index < -0.39 is 12.0 Å². The first-order chi connectivity index (χ1) is 19.0. The van der Waals surface area contributed by atoms with Crippen LogP contribution in [0, 0.1) is 5.82 Å². The predicted octanol–water partition coefficient (Wildman–Crippen LogP) is 5.41. The highest BCUT2D eigenvalue weighted by atomic mass is 19.1. The Morgan fingerprint density at radius 2 is 1.69 bits per heavy atom. The van der Waals surface area contributed by atoms with Gasteiger partial charge in [0.2, 0.25) is 5.91 Å². The molecule has 0 N–H and O–H groups in total. The van der Waals surface area contributed by atoms with E-state index in [9.17, 15) is 14.0 Å². The van der Waals surface area contributed by atoms with Gasteiger partial charge in [-0.2, -0.15) is 0 Å². The van der Waals surface area contributed by atoms with Crippen molar-refractivity contribution in [3.63, 3.8) is 0 Å². The number of halogens is 1. The van der Waals surface area contributed by atoms with Crippen molar-refractivity contribution in [2.45, 2.75) is 24.9 Å². The molecule has 1 aliphatic heterocycles. The summed E-state index contributed by atoms with van der Waals surface area (Å²) in [5.41, 5.74) is 3.70. The van der Waals surface area contributed by atoms with Gasteiger partial charge in [-0.05, 0) is 59.2 Å². The van der Waals surface area contributed by atoms with Crippen LogP contribution >= 0.6 is 0 Å². The summed E-state index contributed by atoms with van der Waals surface area (Å²) in [5.74, 6) is -0.557. The van der Waals surface area contributed by atoms with Crippen molar-refractivity contribution in [2.24, 2.45) is 0 Å². The molecule has 1 aromatic heterocycles. The Hall–Kier alpha value is -4.52. The molecular weight excluding hydrogens is 493 g/mol. The molecule has 0 aliphatic carbocycles. The summed E-state index contributed by atoms with van der Waals surface area (Å²) < 4.78 is 19.0. The minimum atomic E-state index is -0.638. The lowest BCUT2D eigenvalue weighted by atomic mass is 9.78. The number of benzene rings is 3. The third-order valence-corrected chi connectivity index (χ3v) is 7.23. The molecule has 2 unspecified atom stereocenters. The van der Waals surface area contributed by atoms with Crippen LogP contribution in [0.15, 0.2) is 97.2 Å². The zero-order chi connectivity index (χ0) is 27.4. The number of pyridine rings is 1. The third-order valence-electron chi connectivity index (χ3n) is 7.23. The van der Waals surface area contributed by atoms with Crippen molar-refractivity contribution in [3.8, 4) is 5.75 Å². The highest BCUT2D eigenvalue weighted by Crippen LogP contribution is 2.44. The molecule has 0 saturated heterocycles. The predicted molar refractivity (Wildman–Crippen MR) is 147 cm³/mol. The molecule has 198 valence electrons. The van der Waals surface area contributed by atoms with Gasteiger partial charge in [0.1, 0.15) is 11.6 Å². The molecule has 0 fully saturated rings. The van der Waals surface area contributed by atoms with Gasteiger partial charge in [0, 0.05) is 44.0 Å². The number of likely N-dealkylation sites (N-methyl/N-ethyl adjacent to an activating group) is 1. The van der Waals surface area contributed by atoms with Crippen molar-refractivity contribution >= 4 is 11.8 Å². The maximum absolute atomic E-state index is 14.2. The summed E-state index contributed by atoms with van der Waals surface area (Å²) in [6, 6.07) is 26.1. The van der Waals surface area contributed by atoms with E-state index in [-0.39, 0.29) is 24.2 Å². The number of aromatic nitrogens is 1. The van der Waals surface area contributed by atoms with Crippen molar-refractivity contribution in [1.82, 2.24) is 14.8 Å². The largest absolute Gasteiger partial charge is 0.497 e. The molecule has 3 aromatic carbocycles. The minimum Gasteiger partial charge on any atom is -0.497 e. The highest BCUT2D eigenvalue weighted by Gasteiger charge is 2.45. The van der Waals surface area contributed by atoms with E-state index in [2.05, 4.69) is 4.98 Å². The quantitative estimate of drug-likeness (QED) is 0.310. The Morgan fingerprint density at radius 3 is 2.38 bits per heavy atom. The Bertz CT molecular complexity index is 1440. The number of nitrogens with zero attached hydrogens (tertiary/aromatic N) is 3. The molecule has 39 heavy (non-hydrogen) atoms. The van der Waals surface area contributed by atoms with Crippen LogP contribution < -0.4 is 4.74 Å². The SMILES string of the molecule is COc1ccc(C2C(C(=O)N(C)CCc3ccccn3)c3ccccc3C(=O)N2Cc2ccc(F)cc2)cc1. The maximum atomic E-state index is 14.2. The van der Waals surface area contributed by atoms with Crippen molar-refractivity contribution in [2.75, 3.05) is 20.7 Å². The normalized spacial score (nSPS) is 16.5. The van der Waals surface area contributed by atoms with E-state index in [1.54, 1.807) is 48.4 Å². The average molecular weight is 524 g/mol. The summed E-state index contributed by atoms with van der Waals surface area (Å²) in [7, 11) is 3.39. The summed E-state index contributed by atoms with van der Waals surface area (Å²) in [6.45, 7) is 0.710. The van der Waals surface area contributed by atoms with Gasteiger partial charge in [-0.3, -0.25) is 14.6 Å². The summed E-state index contributed by atoms with van der Waals surface area (Å²) in [6.07, 6.45) is 2.36. The van der Waals surface area contributed by atoms with Gasteiger partial charge in [0.15, 0.2) is 0 Å². The van der Waals surface area contributed by atoms with Gasteiger partial charge >= 0.3 is 0 Å². The number of amides is 2. The van der Waals surface area contributed by atoms with Crippen LogP contribution in [0.25, 0.3) is 0 Å². The van der Waals surface area contributed by atoms with Crippen LogP contribution in [0.3, 0.4) is 0 Å². The van der Waals surface area contributed by atoms with Gasteiger partial charge in [-0.1, -0.05) is 48.5 Å². The second-order valence-corrected chi connectivity index (χ2v) is 9.67. The first-order valence-electron chi connectivity index (χ1n) is 12.9. The fourth-order valence-corrected chi connectivity index (χ4v) is 5.17. The lowest BCUT2D eigenvalue weighted by Crippen LogP contribution is -2.47. The Labute approximate surface area is 227 Å². The number of rotatable bonds is 8. The molecule has 0 spiro atoms. The Morgan fingerprint density at radius 1 is 0.974 bits per heavy atom. The molecule has 2 heterocycles. The number of methoxy groups -OCH3 is 1. The second-order valence-electron chi connectivity index (χ2n) is 9.67. The fraction of sp³-hybridized carbons (Fsp3) is 0.219. The first kappa shape index (κ1) is 26.1. The van der Waals surface area contributed by atoms with E-state index in [0.29, 0.717) is 29.8 Å². The zero-order valence-electron chi connectivity index (χ0n) is 22.0. The molecule has 5 rings (SSSR count). The van der Waals surface area contributed by atoms with Crippen molar-refractivity contribution < 1.29 is 18.7 Å². The lowest BCUT2D eigenvalue weighted by molar-refractivity contribution is -0.133. The monoisotopic (exact) mass is 523 g/mol. The molecule has 0 bridgehead atoms. The summed E-state index contributed by atoms with van der Waals surface area (Å²) >= 11 is 0. The third kappa shape index (κ3) is 5.53. The maximum Gasteiger partial charge on any atom is 0.255 e. The van der Waals surface area contributed by atoms with Gasteiger partial charge in [-0.15, -0.1) is 0 Å². The number of carbonyl (C=O) groups excluding carboxylic acids is 2. The topological polar surface area (TPSA) is 62.7 Å². The molecule has 4 aromatic rings. The number of fused-ring (bicyclic) bond motifs is 1. The van der Waals surface area contributed by atoms with Gasteiger partial charge in [0.05, 0.1) is 19.1 Å². The van der Waals surface area contributed by atoms with Crippen LogP contribution in [0.5, 0.6) is 5.75 Å². The molecule has 0 saturated carbocycles. The van der Waals surface area contributed by atoms with Crippen LogP contribution in [-0.4, -0.2) is 47.3 Å². The highest BCUT2D eigenvalue weighted by molar-refractivity contribution is 6.01. The van der Waals surface area contributed by atoms with Gasteiger partial charge in [0.25, 0.3) is 5.91 Å². The zero-order valence-corrected chi connectivity index (χ0v) is 22.0. The number of hydrogen-bond acceptors (Lipinski definition) is 4. The van der Waals surface area contributed by atoms with E-state index >= 15 is 0 Å². The summed E-state index contributed by atoms with van der Waals surface area (Å²) in [5, 5.41) is 0. The molecule has 1 aliphatic rings. The van der Waals surface area contributed by atoms with Crippen LogP contribution in [0.1, 0.15) is 44.7 Å². The Kier molecular flexibility index (Phi) is 7.68. The lowest BCUT2D eigenvalue weighted by Gasteiger charge is -2.43. The fourth-order valence-electron chi connectivity index (χ4n) is 5.17. The Balaban J connectivity index is 1.56. The first-order valence-corrected chi connectivity index (χ1v) is 12.9. The van der Waals surface area contributed by atoms with E-state index in [0.717, 1.165) is 16.8 Å². The molecule has 0 radical (unpaired) electrons. The molecule has 2 atom stereocenters. The van der Waals surface area contributed by atoms with Crippen LogP contribution in [0.2, 0.25) is 0 Å². The van der Waals surface area contributed by atoms with E-state index in [1.807, 2.05) is 60.7 Å². The molecule has 7 heteroatoms. The number of ether oxygens (including phenoxy) is 1. The van der Waals surface area contributed by atoms with Gasteiger partial charge in [-0.25, -0.2) is 4.39 Å². The van der Waals surface area contributed by atoms with Crippen LogP contribution in [0.4, 0.5) is 4.39 Å².